The first-order valence-corrected chi connectivity index (χ1v) is 5.84. The Morgan fingerprint density at radius 2 is 2.24 bits per heavy atom. The number of hydrogen-bond donors (Lipinski definition) is 0. The molecule has 0 saturated heterocycles. The summed E-state index contributed by atoms with van der Waals surface area (Å²) in [5, 5.41) is 0. The van der Waals surface area contributed by atoms with Crippen LogP contribution < -0.4 is 0 Å². The van der Waals surface area contributed by atoms with Crippen LogP contribution in [-0.4, -0.2) is 17.6 Å². The van der Waals surface area contributed by atoms with E-state index in [9.17, 15) is 13.6 Å². The van der Waals surface area contributed by atoms with Crippen molar-refractivity contribution < 1.29 is 18.3 Å². The first-order valence-electron chi connectivity index (χ1n) is 5.05. The second-order valence-electron chi connectivity index (χ2n) is 3.37. The molecular weight excluding hydrogens is 296 g/mol. The predicted octanol–water partition coefficient (Wildman–Crippen LogP) is 3.20. The molecule has 1 rings (SSSR count). The van der Waals surface area contributed by atoms with Crippen molar-refractivity contribution in [2.75, 3.05) is 6.61 Å². The summed E-state index contributed by atoms with van der Waals surface area (Å²) in [4.78, 5) is 15.3. The van der Waals surface area contributed by atoms with Crippen molar-refractivity contribution in [3.05, 3.63) is 27.5 Å². The zero-order valence-corrected chi connectivity index (χ0v) is 11.1. The van der Waals surface area contributed by atoms with Crippen LogP contribution >= 0.6 is 15.9 Å². The van der Waals surface area contributed by atoms with E-state index in [1.807, 2.05) is 0 Å². The molecule has 0 aromatic carbocycles. The molecule has 17 heavy (non-hydrogen) atoms. The fourth-order valence-electron chi connectivity index (χ4n) is 1.32. The molecule has 94 valence electrons. The molecule has 1 heterocycles. The third-order valence-corrected chi connectivity index (χ3v) is 2.92. The van der Waals surface area contributed by atoms with Gasteiger partial charge in [-0.3, -0.25) is 9.78 Å². The predicted molar refractivity (Wildman–Crippen MR) is 62.0 cm³/mol. The van der Waals surface area contributed by atoms with E-state index in [4.69, 9.17) is 4.74 Å². The molecule has 1 aromatic heterocycles. The topological polar surface area (TPSA) is 39.2 Å². The number of hydrogen-bond acceptors (Lipinski definition) is 3. The minimum atomic E-state index is -2.66. The maximum atomic E-state index is 12.8. The number of esters is 1. The third kappa shape index (κ3) is 3.73. The minimum absolute atomic E-state index is 0.0687. The molecule has 0 spiro atoms. The highest BCUT2D eigenvalue weighted by Gasteiger charge is 2.19. The molecule has 0 aliphatic carbocycles. The van der Waals surface area contributed by atoms with Gasteiger partial charge >= 0.3 is 5.97 Å². The zero-order chi connectivity index (χ0) is 13.0. The number of halogens is 3. The van der Waals surface area contributed by atoms with Crippen molar-refractivity contribution in [2.45, 2.75) is 26.7 Å². The Morgan fingerprint density at radius 1 is 1.59 bits per heavy atom. The highest BCUT2D eigenvalue weighted by Crippen LogP contribution is 2.27. The van der Waals surface area contributed by atoms with Crippen molar-refractivity contribution in [2.24, 2.45) is 0 Å². The molecule has 0 unspecified atom stereocenters. The fourth-order valence-corrected chi connectivity index (χ4v) is 1.66. The third-order valence-electron chi connectivity index (χ3n) is 2.12. The van der Waals surface area contributed by atoms with Crippen LogP contribution in [0.5, 0.6) is 0 Å². The van der Waals surface area contributed by atoms with E-state index in [2.05, 4.69) is 20.9 Å². The summed E-state index contributed by atoms with van der Waals surface area (Å²) in [5.74, 6) is -0.552. The maximum absolute atomic E-state index is 12.8. The molecule has 0 N–H and O–H groups in total. The largest absolute Gasteiger partial charge is 0.466 e. The van der Waals surface area contributed by atoms with Gasteiger partial charge in [-0.15, -0.1) is 0 Å². The molecular formula is C11H12BrF2NO2. The van der Waals surface area contributed by atoms with Crippen molar-refractivity contribution in [1.82, 2.24) is 4.98 Å². The Bertz CT molecular complexity index is 424. The summed E-state index contributed by atoms with van der Waals surface area (Å²) in [7, 11) is 0. The van der Waals surface area contributed by atoms with Gasteiger partial charge in [0.1, 0.15) is 0 Å². The Balaban J connectivity index is 3.04. The molecule has 0 atom stereocenters. The average Bonchev–Trinajstić information content (AvgIpc) is 2.23. The van der Waals surface area contributed by atoms with E-state index in [1.54, 1.807) is 13.8 Å². The molecule has 0 fully saturated rings. The second kappa shape index (κ2) is 6.05. The quantitative estimate of drug-likeness (QED) is 0.802. The van der Waals surface area contributed by atoms with E-state index in [-0.39, 0.29) is 24.3 Å². The second-order valence-corrected chi connectivity index (χ2v) is 4.23. The van der Waals surface area contributed by atoms with Gasteiger partial charge in [0.05, 0.1) is 24.4 Å². The van der Waals surface area contributed by atoms with Crippen LogP contribution in [0.4, 0.5) is 8.78 Å². The molecule has 0 radical (unpaired) electrons. The van der Waals surface area contributed by atoms with Gasteiger partial charge in [0.25, 0.3) is 6.43 Å². The molecule has 6 heteroatoms. The highest BCUT2D eigenvalue weighted by molar-refractivity contribution is 9.10. The SMILES string of the molecule is CCOC(=O)Cc1nc(C)c(Br)cc1C(F)F. The zero-order valence-electron chi connectivity index (χ0n) is 9.47. The van der Waals surface area contributed by atoms with Gasteiger partial charge in [-0.05, 0) is 35.8 Å². The van der Waals surface area contributed by atoms with Gasteiger partial charge in [0.2, 0.25) is 0 Å². The van der Waals surface area contributed by atoms with Crippen LogP contribution in [0.3, 0.4) is 0 Å². The van der Waals surface area contributed by atoms with Gasteiger partial charge in [0.15, 0.2) is 0 Å². The van der Waals surface area contributed by atoms with Gasteiger partial charge in [-0.25, -0.2) is 8.78 Å². The van der Waals surface area contributed by atoms with Crippen LogP contribution in [0.15, 0.2) is 10.5 Å². The van der Waals surface area contributed by atoms with Gasteiger partial charge in [-0.2, -0.15) is 0 Å². The lowest BCUT2D eigenvalue weighted by atomic mass is 10.1. The van der Waals surface area contributed by atoms with Crippen molar-refractivity contribution in [3.63, 3.8) is 0 Å². The van der Waals surface area contributed by atoms with E-state index in [0.717, 1.165) is 0 Å². The first kappa shape index (κ1) is 14.0. The van der Waals surface area contributed by atoms with Gasteiger partial charge < -0.3 is 4.74 Å². The Morgan fingerprint density at radius 3 is 2.76 bits per heavy atom. The molecule has 0 aliphatic rings. The molecule has 3 nitrogen and oxygen atoms in total. The van der Waals surface area contributed by atoms with E-state index in [0.29, 0.717) is 10.2 Å². The lowest BCUT2D eigenvalue weighted by Crippen LogP contribution is -2.12. The van der Waals surface area contributed by atoms with Crippen molar-refractivity contribution in [3.8, 4) is 0 Å². The number of ether oxygens (including phenoxy) is 1. The van der Waals surface area contributed by atoms with Gasteiger partial charge in [-0.1, -0.05) is 0 Å². The lowest BCUT2D eigenvalue weighted by molar-refractivity contribution is -0.142. The Hall–Kier alpha value is -1.04. The number of pyridine rings is 1. The number of carbonyl (C=O) groups is 1. The molecule has 0 amide bonds. The van der Waals surface area contributed by atoms with E-state index in [1.165, 1.54) is 6.07 Å². The summed E-state index contributed by atoms with van der Waals surface area (Å²) in [6.45, 7) is 3.55. The summed E-state index contributed by atoms with van der Waals surface area (Å²) in [5.41, 5.74) is 0.392. The molecule has 0 saturated carbocycles. The number of carbonyl (C=O) groups excluding carboxylic acids is 1. The normalized spacial score (nSPS) is 10.7. The standard InChI is InChI=1S/C11H12BrF2NO2/c1-3-17-10(16)5-9-7(11(13)14)4-8(12)6(2)15-9/h4,11H,3,5H2,1-2H3. The van der Waals surface area contributed by atoms with Gasteiger partial charge in [0, 0.05) is 10.0 Å². The van der Waals surface area contributed by atoms with Crippen LogP contribution in [0, 0.1) is 6.92 Å². The van der Waals surface area contributed by atoms with Crippen molar-refractivity contribution in [1.29, 1.82) is 0 Å². The summed E-state index contributed by atoms with van der Waals surface area (Å²) in [6, 6.07) is 1.29. The molecule has 0 bridgehead atoms. The number of rotatable bonds is 4. The van der Waals surface area contributed by atoms with Crippen LogP contribution in [0.2, 0.25) is 0 Å². The van der Waals surface area contributed by atoms with Crippen LogP contribution in [0.25, 0.3) is 0 Å². The molecule has 0 aliphatic heterocycles. The molecule has 1 aromatic rings. The maximum Gasteiger partial charge on any atom is 0.311 e. The van der Waals surface area contributed by atoms with E-state index >= 15 is 0 Å². The van der Waals surface area contributed by atoms with E-state index < -0.39 is 12.4 Å². The van der Waals surface area contributed by atoms with Crippen LogP contribution in [0.1, 0.15) is 30.3 Å². The highest BCUT2D eigenvalue weighted by atomic mass is 79.9. The number of alkyl halides is 2. The monoisotopic (exact) mass is 307 g/mol. The summed E-state index contributed by atoms with van der Waals surface area (Å²) < 4.78 is 30.7. The number of aryl methyl sites for hydroxylation is 1. The number of aromatic nitrogens is 1. The van der Waals surface area contributed by atoms with Crippen molar-refractivity contribution >= 4 is 21.9 Å². The van der Waals surface area contributed by atoms with Crippen LogP contribution in [-0.2, 0) is 16.0 Å². The number of nitrogens with zero attached hydrogens (tertiary/aromatic N) is 1. The Kier molecular flexibility index (Phi) is 4.99. The summed E-state index contributed by atoms with van der Waals surface area (Å²) in [6.07, 6.45) is -2.90. The summed E-state index contributed by atoms with van der Waals surface area (Å²) >= 11 is 3.13. The lowest BCUT2D eigenvalue weighted by Gasteiger charge is -2.10. The fraction of sp³-hybridized carbons (Fsp3) is 0.455. The average molecular weight is 308 g/mol. The first-order chi connectivity index (χ1) is 7.95. The smallest absolute Gasteiger partial charge is 0.311 e. The Labute approximate surface area is 106 Å². The minimum Gasteiger partial charge on any atom is -0.466 e.